The first-order valence-corrected chi connectivity index (χ1v) is 11.7. The Labute approximate surface area is 199 Å². The van der Waals surface area contributed by atoms with Crippen molar-refractivity contribution in [1.82, 2.24) is 15.1 Å². The zero-order valence-electron chi connectivity index (χ0n) is 19.1. The molecule has 3 amide bonds. The molecule has 1 saturated heterocycles. The topological polar surface area (TPSA) is 71.1 Å². The van der Waals surface area contributed by atoms with E-state index in [1.54, 1.807) is 15.9 Å². The molecule has 3 heterocycles. The van der Waals surface area contributed by atoms with E-state index in [9.17, 15) is 9.59 Å². The van der Waals surface area contributed by atoms with Gasteiger partial charge in [-0.15, -0.1) is 6.58 Å². The van der Waals surface area contributed by atoms with Crippen molar-refractivity contribution in [2.24, 2.45) is 0 Å². The van der Waals surface area contributed by atoms with Crippen molar-refractivity contribution < 1.29 is 19.1 Å². The number of hydrogen-bond donors (Lipinski definition) is 1. The molecule has 0 aromatic heterocycles. The lowest BCUT2D eigenvalue weighted by atomic mass is 9.95. The lowest BCUT2D eigenvalue weighted by molar-refractivity contribution is -0.127. The van der Waals surface area contributed by atoms with E-state index in [4.69, 9.17) is 9.47 Å². The molecule has 0 aliphatic carbocycles. The van der Waals surface area contributed by atoms with Gasteiger partial charge in [-0.25, -0.2) is 4.79 Å². The normalized spacial score (nSPS) is 22.1. The monoisotopic (exact) mass is 459 g/mol. The average Bonchev–Trinajstić information content (AvgIpc) is 3.49. The minimum atomic E-state index is -0.536. The van der Waals surface area contributed by atoms with E-state index in [0.717, 1.165) is 36.3 Å². The molecule has 0 saturated carbocycles. The third-order valence-electron chi connectivity index (χ3n) is 6.50. The van der Waals surface area contributed by atoms with Gasteiger partial charge in [0.15, 0.2) is 0 Å². The van der Waals surface area contributed by atoms with Crippen LogP contribution in [0.3, 0.4) is 0 Å². The van der Waals surface area contributed by atoms with E-state index < -0.39 is 6.04 Å². The number of nitrogens with one attached hydrogen (secondary N) is 1. The van der Waals surface area contributed by atoms with Crippen LogP contribution < -0.4 is 10.1 Å². The van der Waals surface area contributed by atoms with Crippen LogP contribution in [0.2, 0.25) is 0 Å². The molecule has 5 rings (SSSR count). The lowest BCUT2D eigenvalue weighted by Gasteiger charge is -2.33. The van der Waals surface area contributed by atoms with E-state index in [1.807, 2.05) is 54.6 Å². The minimum Gasteiger partial charge on any atom is -0.489 e. The summed E-state index contributed by atoms with van der Waals surface area (Å²) in [4.78, 5) is 30.0. The first-order chi connectivity index (χ1) is 16.6. The molecule has 7 heteroatoms. The van der Waals surface area contributed by atoms with Gasteiger partial charge in [-0.1, -0.05) is 48.5 Å². The summed E-state index contributed by atoms with van der Waals surface area (Å²) in [5.41, 5.74) is 3.24. The van der Waals surface area contributed by atoms with Crippen LogP contribution in [0, 0.1) is 0 Å². The predicted octanol–water partition coefficient (Wildman–Crippen LogP) is 3.79. The Kier molecular flexibility index (Phi) is 6.36. The van der Waals surface area contributed by atoms with Crippen LogP contribution in [0.25, 0.3) is 0 Å². The van der Waals surface area contributed by atoms with Gasteiger partial charge in [0.1, 0.15) is 12.4 Å². The summed E-state index contributed by atoms with van der Waals surface area (Å²) < 4.78 is 11.8. The molecule has 34 heavy (non-hydrogen) atoms. The first kappa shape index (κ1) is 22.2. The highest BCUT2D eigenvalue weighted by atomic mass is 16.5. The molecule has 2 aromatic carbocycles. The summed E-state index contributed by atoms with van der Waals surface area (Å²) in [5, 5.41) is 3.03. The number of ether oxygens (including phenoxy) is 2. The molecule has 2 atom stereocenters. The van der Waals surface area contributed by atoms with Gasteiger partial charge < -0.3 is 19.7 Å². The maximum atomic E-state index is 13.5. The second-order valence-corrected chi connectivity index (χ2v) is 8.81. The molecule has 1 N–H and O–H groups in total. The van der Waals surface area contributed by atoms with Crippen LogP contribution in [-0.4, -0.2) is 54.1 Å². The number of nitrogens with zero attached hydrogens (tertiary/aromatic N) is 2. The third kappa shape index (κ3) is 4.43. The molecule has 3 aliphatic rings. The van der Waals surface area contributed by atoms with E-state index in [2.05, 4.69) is 11.9 Å². The third-order valence-corrected chi connectivity index (χ3v) is 6.50. The lowest BCUT2D eigenvalue weighted by Crippen LogP contribution is -2.47. The van der Waals surface area contributed by atoms with Gasteiger partial charge in [-0.05, 0) is 36.1 Å². The van der Waals surface area contributed by atoms with Crippen molar-refractivity contribution in [2.45, 2.75) is 31.6 Å². The summed E-state index contributed by atoms with van der Waals surface area (Å²) in [6, 6.07) is 16.8. The molecular weight excluding hydrogens is 430 g/mol. The molecule has 0 unspecified atom stereocenters. The Hall–Kier alpha value is -3.58. The minimum absolute atomic E-state index is 0.0509. The number of benzene rings is 2. The van der Waals surface area contributed by atoms with Gasteiger partial charge in [0.25, 0.3) is 5.91 Å². The Morgan fingerprint density at radius 3 is 2.76 bits per heavy atom. The maximum absolute atomic E-state index is 13.5. The Balaban J connectivity index is 1.41. The van der Waals surface area contributed by atoms with Gasteiger partial charge >= 0.3 is 6.03 Å². The van der Waals surface area contributed by atoms with E-state index in [0.29, 0.717) is 37.6 Å². The van der Waals surface area contributed by atoms with Crippen molar-refractivity contribution in [1.29, 1.82) is 0 Å². The average molecular weight is 460 g/mol. The highest BCUT2D eigenvalue weighted by Crippen LogP contribution is 2.37. The fraction of sp³-hybridized carbons (Fsp3) is 0.333. The second kappa shape index (κ2) is 9.73. The summed E-state index contributed by atoms with van der Waals surface area (Å²) in [6.07, 6.45) is 3.69. The summed E-state index contributed by atoms with van der Waals surface area (Å²) in [7, 11) is 0. The molecule has 1 fully saturated rings. The standard InChI is InChI=1S/C27H29N3O4/c1-2-13-30-23-17-29(16-22-12-7-14-33-22)26(31)24(23)25(28-27(30)32)20-10-6-11-21(15-20)34-18-19-8-4-3-5-9-19/h2-6,8-11,15,22,25H,1,7,12-14,16-18H2,(H,28,32)/t22-,25+/m1/s1. The smallest absolute Gasteiger partial charge is 0.322 e. The Bertz CT molecular complexity index is 1110. The number of carbonyl (C=O) groups is 2. The Morgan fingerprint density at radius 2 is 2.00 bits per heavy atom. The molecular formula is C27H29N3O4. The molecule has 0 bridgehead atoms. The van der Waals surface area contributed by atoms with E-state index in [-0.39, 0.29) is 18.0 Å². The SMILES string of the molecule is C=CCN1C(=O)N[C@@H](c2cccc(OCc3ccccc3)c2)C2=C1CN(C[C@H]1CCCO1)C2=O. The van der Waals surface area contributed by atoms with Crippen LogP contribution in [0.15, 0.2) is 78.5 Å². The van der Waals surface area contributed by atoms with Gasteiger partial charge in [-0.2, -0.15) is 0 Å². The molecule has 176 valence electrons. The van der Waals surface area contributed by atoms with Gasteiger partial charge in [-0.3, -0.25) is 9.69 Å². The maximum Gasteiger partial charge on any atom is 0.322 e. The number of rotatable bonds is 8. The molecule has 0 spiro atoms. The molecule has 7 nitrogen and oxygen atoms in total. The van der Waals surface area contributed by atoms with Crippen molar-refractivity contribution in [3.8, 4) is 5.75 Å². The number of hydrogen-bond acceptors (Lipinski definition) is 4. The number of carbonyl (C=O) groups excluding carboxylic acids is 2. The Morgan fingerprint density at radius 1 is 1.15 bits per heavy atom. The number of amides is 3. The summed E-state index contributed by atoms with van der Waals surface area (Å²) in [6.45, 7) is 6.24. The van der Waals surface area contributed by atoms with Crippen molar-refractivity contribution in [2.75, 3.05) is 26.2 Å². The zero-order chi connectivity index (χ0) is 23.5. The van der Waals surface area contributed by atoms with E-state index in [1.165, 1.54) is 0 Å². The molecule has 3 aliphatic heterocycles. The number of urea groups is 1. The fourth-order valence-electron chi connectivity index (χ4n) is 4.83. The van der Waals surface area contributed by atoms with Crippen LogP contribution in [0.1, 0.15) is 30.0 Å². The van der Waals surface area contributed by atoms with Crippen molar-refractivity contribution in [3.63, 3.8) is 0 Å². The van der Waals surface area contributed by atoms with E-state index >= 15 is 0 Å². The van der Waals surface area contributed by atoms with Gasteiger partial charge in [0.2, 0.25) is 0 Å². The quantitative estimate of drug-likeness (QED) is 0.610. The van der Waals surface area contributed by atoms with Crippen LogP contribution in [-0.2, 0) is 16.1 Å². The highest BCUT2D eigenvalue weighted by molar-refractivity contribution is 6.01. The summed E-state index contributed by atoms with van der Waals surface area (Å²) in [5.74, 6) is 0.633. The largest absolute Gasteiger partial charge is 0.489 e. The van der Waals surface area contributed by atoms with Gasteiger partial charge in [0.05, 0.1) is 30.0 Å². The summed E-state index contributed by atoms with van der Waals surface area (Å²) >= 11 is 0. The van der Waals surface area contributed by atoms with Gasteiger partial charge in [0, 0.05) is 19.7 Å². The second-order valence-electron chi connectivity index (χ2n) is 8.81. The van der Waals surface area contributed by atoms with Crippen molar-refractivity contribution >= 4 is 11.9 Å². The van der Waals surface area contributed by atoms with Crippen LogP contribution in [0.5, 0.6) is 5.75 Å². The predicted molar refractivity (Wildman–Crippen MR) is 128 cm³/mol. The van der Waals surface area contributed by atoms with Crippen LogP contribution in [0.4, 0.5) is 4.79 Å². The first-order valence-electron chi connectivity index (χ1n) is 11.7. The van der Waals surface area contributed by atoms with Crippen molar-refractivity contribution in [3.05, 3.63) is 89.6 Å². The molecule has 2 aromatic rings. The zero-order valence-corrected chi connectivity index (χ0v) is 19.1. The van der Waals surface area contributed by atoms with Crippen LogP contribution >= 0.6 is 0 Å². The fourth-order valence-corrected chi connectivity index (χ4v) is 4.83. The highest BCUT2D eigenvalue weighted by Gasteiger charge is 2.44. The molecule has 0 radical (unpaired) electrons.